The summed E-state index contributed by atoms with van der Waals surface area (Å²) < 4.78 is 5.50. The number of ether oxygens (including phenoxy) is 1. The SMILES string of the molecule is Cc1ccc(C(N)c2ccc3c(c2)CCO3)cn1. The van der Waals surface area contributed by atoms with E-state index in [-0.39, 0.29) is 6.04 Å². The van der Waals surface area contributed by atoms with E-state index in [2.05, 4.69) is 11.1 Å². The lowest BCUT2D eigenvalue weighted by atomic mass is 9.98. The Morgan fingerprint density at radius 2 is 2.06 bits per heavy atom. The zero-order chi connectivity index (χ0) is 12.5. The van der Waals surface area contributed by atoms with Gasteiger partial charge in [0.2, 0.25) is 0 Å². The summed E-state index contributed by atoms with van der Waals surface area (Å²) in [5.74, 6) is 0.994. The number of benzene rings is 1. The number of rotatable bonds is 2. The van der Waals surface area contributed by atoms with Gasteiger partial charge in [-0.25, -0.2) is 0 Å². The number of hydrogen-bond acceptors (Lipinski definition) is 3. The van der Waals surface area contributed by atoms with Gasteiger partial charge in [-0.1, -0.05) is 18.2 Å². The Morgan fingerprint density at radius 1 is 1.22 bits per heavy atom. The minimum Gasteiger partial charge on any atom is -0.493 e. The highest BCUT2D eigenvalue weighted by atomic mass is 16.5. The summed E-state index contributed by atoms with van der Waals surface area (Å²) in [6, 6.07) is 10.1. The molecular formula is C15H16N2O. The Kier molecular flexibility index (Phi) is 2.76. The van der Waals surface area contributed by atoms with Gasteiger partial charge in [-0.2, -0.15) is 0 Å². The lowest BCUT2D eigenvalue weighted by molar-refractivity contribution is 0.357. The van der Waals surface area contributed by atoms with Crippen LogP contribution in [0.4, 0.5) is 0 Å². The van der Waals surface area contributed by atoms with Gasteiger partial charge in [0.1, 0.15) is 5.75 Å². The first-order valence-electron chi connectivity index (χ1n) is 6.18. The van der Waals surface area contributed by atoms with Crippen molar-refractivity contribution in [2.75, 3.05) is 6.61 Å². The Labute approximate surface area is 107 Å². The molecule has 3 nitrogen and oxygen atoms in total. The van der Waals surface area contributed by atoms with Crippen LogP contribution in [0.2, 0.25) is 0 Å². The molecule has 92 valence electrons. The van der Waals surface area contributed by atoms with Gasteiger partial charge in [0.05, 0.1) is 12.6 Å². The average molecular weight is 240 g/mol. The van der Waals surface area contributed by atoms with Gasteiger partial charge in [-0.15, -0.1) is 0 Å². The van der Waals surface area contributed by atoms with Crippen LogP contribution in [0.5, 0.6) is 5.75 Å². The first kappa shape index (κ1) is 11.2. The molecule has 1 aromatic carbocycles. The molecule has 1 aliphatic rings. The molecule has 1 aliphatic heterocycles. The van der Waals surface area contributed by atoms with Crippen molar-refractivity contribution in [1.82, 2.24) is 4.98 Å². The second-order valence-electron chi connectivity index (χ2n) is 4.68. The first-order valence-corrected chi connectivity index (χ1v) is 6.18. The number of fused-ring (bicyclic) bond motifs is 1. The predicted octanol–water partition coefficient (Wildman–Crippen LogP) is 2.37. The van der Waals surface area contributed by atoms with Crippen LogP contribution in [-0.2, 0) is 6.42 Å². The van der Waals surface area contributed by atoms with Crippen LogP contribution < -0.4 is 10.5 Å². The van der Waals surface area contributed by atoms with Crippen molar-refractivity contribution in [2.24, 2.45) is 5.73 Å². The Hall–Kier alpha value is -1.87. The van der Waals surface area contributed by atoms with Gasteiger partial charge in [-0.05, 0) is 35.7 Å². The third-order valence-electron chi connectivity index (χ3n) is 3.37. The molecule has 0 spiro atoms. The summed E-state index contributed by atoms with van der Waals surface area (Å²) in [5, 5.41) is 0. The van der Waals surface area contributed by atoms with Gasteiger partial charge >= 0.3 is 0 Å². The third kappa shape index (κ3) is 1.97. The summed E-state index contributed by atoms with van der Waals surface area (Å²) in [5.41, 5.74) is 10.7. The van der Waals surface area contributed by atoms with Crippen LogP contribution in [0.15, 0.2) is 36.5 Å². The topological polar surface area (TPSA) is 48.1 Å². The minimum atomic E-state index is -0.121. The highest BCUT2D eigenvalue weighted by molar-refractivity contribution is 5.42. The summed E-state index contributed by atoms with van der Waals surface area (Å²) >= 11 is 0. The maximum Gasteiger partial charge on any atom is 0.122 e. The molecule has 1 aromatic heterocycles. The van der Waals surface area contributed by atoms with Crippen LogP contribution in [-0.4, -0.2) is 11.6 Å². The van der Waals surface area contributed by atoms with Gasteiger partial charge in [-0.3, -0.25) is 4.98 Å². The van der Waals surface area contributed by atoms with Crippen molar-refractivity contribution >= 4 is 0 Å². The number of aryl methyl sites for hydroxylation is 1. The van der Waals surface area contributed by atoms with E-state index in [9.17, 15) is 0 Å². The molecule has 3 heteroatoms. The first-order chi connectivity index (χ1) is 8.74. The van der Waals surface area contributed by atoms with E-state index in [4.69, 9.17) is 10.5 Å². The summed E-state index contributed by atoms with van der Waals surface area (Å²) in [4.78, 5) is 4.29. The molecule has 0 radical (unpaired) electrons. The number of nitrogens with two attached hydrogens (primary N) is 1. The zero-order valence-corrected chi connectivity index (χ0v) is 10.4. The smallest absolute Gasteiger partial charge is 0.122 e. The molecule has 0 saturated heterocycles. The fourth-order valence-corrected chi connectivity index (χ4v) is 2.26. The Bertz CT molecular complexity index is 563. The number of nitrogens with zero attached hydrogens (tertiary/aromatic N) is 1. The van der Waals surface area contributed by atoms with E-state index in [1.165, 1.54) is 5.56 Å². The fourth-order valence-electron chi connectivity index (χ4n) is 2.26. The molecule has 2 heterocycles. The largest absolute Gasteiger partial charge is 0.493 e. The molecular weight excluding hydrogens is 224 g/mol. The van der Waals surface area contributed by atoms with Crippen molar-refractivity contribution in [3.05, 3.63) is 58.9 Å². The summed E-state index contributed by atoms with van der Waals surface area (Å²) in [6.45, 7) is 2.75. The summed E-state index contributed by atoms with van der Waals surface area (Å²) in [6.07, 6.45) is 2.83. The molecule has 1 atom stereocenters. The molecule has 2 aromatic rings. The molecule has 0 aliphatic carbocycles. The molecule has 0 fully saturated rings. The Balaban J connectivity index is 1.92. The van der Waals surface area contributed by atoms with Crippen molar-refractivity contribution in [1.29, 1.82) is 0 Å². The van der Waals surface area contributed by atoms with Crippen molar-refractivity contribution in [2.45, 2.75) is 19.4 Å². The number of hydrogen-bond donors (Lipinski definition) is 1. The molecule has 2 N–H and O–H groups in total. The highest BCUT2D eigenvalue weighted by Crippen LogP contribution is 2.29. The molecule has 1 unspecified atom stereocenters. The molecule has 0 amide bonds. The van der Waals surface area contributed by atoms with Crippen LogP contribution in [0.25, 0.3) is 0 Å². The van der Waals surface area contributed by atoms with Crippen molar-refractivity contribution in [3.8, 4) is 5.75 Å². The lowest BCUT2D eigenvalue weighted by Crippen LogP contribution is -2.12. The normalized spacial score (nSPS) is 15.0. The lowest BCUT2D eigenvalue weighted by Gasteiger charge is -2.13. The van der Waals surface area contributed by atoms with Gasteiger partial charge in [0.15, 0.2) is 0 Å². The van der Waals surface area contributed by atoms with Gasteiger partial charge in [0, 0.05) is 18.3 Å². The number of aromatic nitrogens is 1. The standard InChI is InChI=1S/C15H16N2O/c1-10-2-3-13(9-17-10)15(16)12-4-5-14-11(8-12)6-7-18-14/h2-5,8-9,15H,6-7,16H2,1H3. The van der Waals surface area contributed by atoms with Gasteiger partial charge < -0.3 is 10.5 Å². The second kappa shape index (κ2) is 4.42. The fraction of sp³-hybridized carbons (Fsp3) is 0.267. The average Bonchev–Trinajstić information content (AvgIpc) is 2.86. The molecule has 18 heavy (non-hydrogen) atoms. The molecule has 0 saturated carbocycles. The third-order valence-corrected chi connectivity index (χ3v) is 3.37. The van der Waals surface area contributed by atoms with E-state index in [0.717, 1.165) is 35.6 Å². The number of pyridine rings is 1. The quantitative estimate of drug-likeness (QED) is 0.876. The van der Waals surface area contributed by atoms with E-state index in [1.54, 1.807) is 0 Å². The minimum absolute atomic E-state index is 0.121. The van der Waals surface area contributed by atoms with Crippen molar-refractivity contribution < 1.29 is 4.74 Å². The van der Waals surface area contributed by atoms with Crippen LogP contribution in [0, 0.1) is 6.92 Å². The van der Waals surface area contributed by atoms with E-state index >= 15 is 0 Å². The zero-order valence-electron chi connectivity index (χ0n) is 10.4. The van der Waals surface area contributed by atoms with Gasteiger partial charge in [0.25, 0.3) is 0 Å². The maximum atomic E-state index is 6.28. The highest BCUT2D eigenvalue weighted by Gasteiger charge is 2.15. The van der Waals surface area contributed by atoms with Crippen LogP contribution in [0.3, 0.4) is 0 Å². The predicted molar refractivity (Wildman–Crippen MR) is 70.6 cm³/mol. The monoisotopic (exact) mass is 240 g/mol. The van der Waals surface area contributed by atoms with E-state index < -0.39 is 0 Å². The van der Waals surface area contributed by atoms with Crippen molar-refractivity contribution in [3.63, 3.8) is 0 Å². The van der Waals surface area contributed by atoms with E-state index in [0.29, 0.717) is 0 Å². The van der Waals surface area contributed by atoms with E-state index in [1.807, 2.05) is 37.4 Å². The van der Waals surface area contributed by atoms with Crippen LogP contribution in [0.1, 0.15) is 28.4 Å². The molecule has 3 rings (SSSR count). The maximum absolute atomic E-state index is 6.28. The van der Waals surface area contributed by atoms with Crippen LogP contribution >= 0.6 is 0 Å². The Morgan fingerprint density at radius 3 is 2.83 bits per heavy atom. The molecule has 0 bridgehead atoms. The summed E-state index contributed by atoms with van der Waals surface area (Å²) in [7, 11) is 0. The second-order valence-corrected chi connectivity index (χ2v) is 4.68.